The Balaban J connectivity index is 1.84. The maximum Gasteiger partial charge on any atom is 0.257 e. The van der Waals surface area contributed by atoms with Crippen molar-refractivity contribution in [3.63, 3.8) is 0 Å². The molecular weight excluding hydrogens is 298 g/mol. The van der Waals surface area contributed by atoms with Crippen LogP contribution in [0.3, 0.4) is 0 Å². The molecule has 5 heteroatoms. The number of nitrogens with one attached hydrogen (secondary N) is 1. The van der Waals surface area contributed by atoms with Gasteiger partial charge in [-0.2, -0.15) is 0 Å². The Morgan fingerprint density at radius 2 is 1.95 bits per heavy atom. The molecule has 22 heavy (non-hydrogen) atoms. The van der Waals surface area contributed by atoms with Crippen LogP contribution in [0.5, 0.6) is 0 Å². The number of carbonyl (C=O) groups is 1. The first-order valence-corrected chi connectivity index (χ1v) is 7.89. The Kier molecular flexibility index (Phi) is 4.59. The molecule has 0 unspecified atom stereocenters. The fraction of sp³-hybridized carbons (Fsp3) is 0.294. The first kappa shape index (κ1) is 14.9. The Hall–Kier alpha value is -2.07. The van der Waals surface area contributed by atoms with E-state index in [1.54, 1.807) is 12.3 Å². The van der Waals surface area contributed by atoms with E-state index in [2.05, 4.69) is 10.3 Å². The number of aromatic nitrogens is 1. The zero-order valence-electron chi connectivity index (χ0n) is 12.3. The van der Waals surface area contributed by atoms with Crippen LogP contribution < -0.4 is 5.32 Å². The van der Waals surface area contributed by atoms with Gasteiger partial charge in [-0.15, -0.1) is 0 Å². The second kappa shape index (κ2) is 6.79. The molecule has 1 amide bonds. The van der Waals surface area contributed by atoms with Gasteiger partial charge < -0.3 is 10.2 Å². The SMILES string of the molecule is O=C(c1cccnc1Nc1cccc(Cl)c1)N1CCCCC1. The van der Waals surface area contributed by atoms with Crippen molar-refractivity contribution >= 4 is 29.0 Å². The van der Waals surface area contributed by atoms with Crippen molar-refractivity contribution < 1.29 is 4.79 Å². The molecule has 4 nitrogen and oxygen atoms in total. The highest BCUT2D eigenvalue weighted by Gasteiger charge is 2.21. The van der Waals surface area contributed by atoms with Crippen LogP contribution in [0.4, 0.5) is 11.5 Å². The number of pyridine rings is 1. The predicted molar refractivity (Wildman–Crippen MR) is 88.7 cm³/mol. The minimum Gasteiger partial charge on any atom is -0.340 e. The van der Waals surface area contributed by atoms with Crippen LogP contribution in [0.25, 0.3) is 0 Å². The van der Waals surface area contributed by atoms with Crippen LogP contribution in [-0.2, 0) is 0 Å². The molecule has 1 aliphatic rings. The summed E-state index contributed by atoms with van der Waals surface area (Å²) >= 11 is 6.00. The van der Waals surface area contributed by atoms with Crippen molar-refractivity contribution in [1.29, 1.82) is 0 Å². The van der Waals surface area contributed by atoms with E-state index >= 15 is 0 Å². The molecular formula is C17H18ClN3O. The van der Waals surface area contributed by atoms with Gasteiger partial charge in [-0.3, -0.25) is 4.79 Å². The van der Waals surface area contributed by atoms with Crippen molar-refractivity contribution in [2.24, 2.45) is 0 Å². The molecule has 0 bridgehead atoms. The van der Waals surface area contributed by atoms with Crippen LogP contribution in [0.2, 0.25) is 5.02 Å². The molecule has 114 valence electrons. The lowest BCUT2D eigenvalue weighted by Gasteiger charge is -2.27. The predicted octanol–water partition coefficient (Wildman–Crippen LogP) is 4.10. The molecule has 0 radical (unpaired) electrons. The highest BCUT2D eigenvalue weighted by molar-refractivity contribution is 6.30. The smallest absolute Gasteiger partial charge is 0.257 e. The third-order valence-corrected chi connectivity index (χ3v) is 4.00. The van der Waals surface area contributed by atoms with Gasteiger partial charge in [-0.25, -0.2) is 4.98 Å². The summed E-state index contributed by atoms with van der Waals surface area (Å²) in [4.78, 5) is 18.9. The summed E-state index contributed by atoms with van der Waals surface area (Å²) in [6, 6.07) is 11.0. The number of rotatable bonds is 3. The number of benzene rings is 1. The molecule has 0 spiro atoms. The summed E-state index contributed by atoms with van der Waals surface area (Å²) in [6.45, 7) is 1.65. The van der Waals surface area contributed by atoms with Gasteiger partial charge in [0.2, 0.25) is 0 Å². The molecule has 1 aromatic carbocycles. The number of carbonyl (C=O) groups excluding carboxylic acids is 1. The third-order valence-electron chi connectivity index (χ3n) is 3.77. The highest BCUT2D eigenvalue weighted by atomic mass is 35.5. The minimum absolute atomic E-state index is 0.0392. The lowest BCUT2D eigenvalue weighted by atomic mass is 10.1. The van der Waals surface area contributed by atoms with Gasteiger partial charge in [0, 0.05) is 30.0 Å². The quantitative estimate of drug-likeness (QED) is 0.927. The summed E-state index contributed by atoms with van der Waals surface area (Å²) in [6.07, 6.45) is 5.02. The van der Waals surface area contributed by atoms with Crippen LogP contribution in [0.1, 0.15) is 29.6 Å². The number of amides is 1. The Morgan fingerprint density at radius 1 is 1.14 bits per heavy atom. The topological polar surface area (TPSA) is 45.2 Å². The maximum atomic E-state index is 12.7. The van der Waals surface area contributed by atoms with Gasteiger partial charge in [0.1, 0.15) is 5.82 Å². The van der Waals surface area contributed by atoms with Crippen molar-refractivity contribution in [3.8, 4) is 0 Å². The monoisotopic (exact) mass is 315 g/mol. The van der Waals surface area contributed by atoms with E-state index in [1.807, 2.05) is 35.2 Å². The van der Waals surface area contributed by atoms with Gasteiger partial charge >= 0.3 is 0 Å². The van der Waals surface area contributed by atoms with E-state index in [0.717, 1.165) is 31.6 Å². The minimum atomic E-state index is 0.0392. The van der Waals surface area contributed by atoms with Crippen molar-refractivity contribution in [3.05, 3.63) is 53.2 Å². The first-order chi connectivity index (χ1) is 10.7. The summed E-state index contributed by atoms with van der Waals surface area (Å²) in [5.41, 5.74) is 1.42. The Labute approximate surface area is 135 Å². The molecule has 1 fully saturated rings. The van der Waals surface area contributed by atoms with E-state index < -0.39 is 0 Å². The van der Waals surface area contributed by atoms with E-state index in [1.165, 1.54) is 6.42 Å². The molecule has 2 aromatic rings. The number of likely N-dealkylation sites (tertiary alicyclic amines) is 1. The Bertz CT molecular complexity index is 668. The standard InChI is InChI=1S/C17H18ClN3O/c18-13-6-4-7-14(12-13)20-16-15(8-5-9-19-16)17(22)21-10-2-1-3-11-21/h4-9,12H,1-3,10-11H2,(H,19,20). The lowest BCUT2D eigenvalue weighted by Crippen LogP contribution is -2.36. The van der Waals surface area contributed by atoms with E-state index in [4.69, 9.17) is 11.6 Å². The van der Waals surface area contributed by atoms with Crippen LogP contribution in [0.15, 0.2) is 42.6 Å². The van der Waals surface area contributed by atoms with Gasteiger partial charge in [-0.05, 0) is 49.6 Å². The van der Waals surface area contributed by atoms with E-state index in [0.29, 0.717) is 16.4 Å². The average molecular weight is 316 g/mol. The zero-order chi connectivity index (χ0) is 15.4. The summed E-state index contributed by atoms with van der Waals surface area (Å²) in [5, 5.41) is 3.83. The molecule has 1 aromatic heterocycles. The second-order valence-electron chi connectivity index (χ2n) is 5.39. The number of nitrogens with zero attached hydrogens (tertiary/aromatic N) is 2. The summed E-state index contributed by atoms with van der Waals surface area (Å²) in [7, 11) is 0. The van der Waals surface area contributed by atoms with E-state index in [9.17, 15) is 4.79 Å². The molecule has 1 N–H and O–H groups in total. The lowest BCUT2D eigenvalue weighted by molar-refractivity contribution is 0.0725. The average Bonchev–Trinajstić information content (AvgIpc) is 2.56. The normalized spacial score (nSPS) is 14.7. The molecule has 0 aliphatic carbocycles. The van der Waals surface area contributed by atoms with Gasteiger partial charge in [0.25, 0.3) is 5.91 Å². The van der Waals surface area contributed by atoms with Gasteiger partial charge in [0.15, 0.2) is 0 Å². The third kappa shape index (κ3) is 3.39. The highest BCUT2D eigenvalue weighted by Crippen LogP contribution is 2.23. The molecule has 0 saturated carbocycles. The molecule has 0 atom stereocenters. The number of hydrogen-bond acceptors (Lipinski definition) is 3. The zero-order valence-corrected chi connectivity index (χ0v) is 13.0. The number of piperidine rings is 1. The number of hydrogen-bond donors (Lipinski definition) is 1. The summed E-state index contributed by atoms with van der Waals surface area (Å²) in [5.74, 6) is 0.609. The number of halogens is 1. The second-order valence-corrected chi connectivity index (χ2v) is 5.82. The molecule has 1 aliphatic heterocycles. The fourth-order valence-corrected chi connectivity index (χ4v) is 2.84. The molecule has 2 heterocycles. The van der Waals surface area contributed by atoms with Crippen molar-refractivity contribution in [1.82, 2.24) is 9.88 Å². The van der Waals surface area contributed by atoms with Crippen LogP contribution in [0, 0.1) is 0 Å². The van der Waals surface area contributed by atoms with E-state index in [-0.39, 0.29) is 5.91 Å². The first-order valence-electron chi connectivity index (χ1n) is 7.51. The number of anilines is 2. The Morgan fingerprint density at radius 3 is 2.73 bits per heavy atom. The van der Waals surface area contributed by atoms with Crippen LogP contribution in [-0.4, -0.2) is 28.9 Å². The maximum absolute atomic E-state index is 12.7. The van der Waals surface area contributed by atoms with Crippen molar-refractivity contribution in [2.75, 3.05) is 18.4 Å². The molecule has 1 saturated heterocycles. The van der Waals surface area contributed by atoms with Gasteiger partial charge in [-0.1, -0.05) is 17.7 Å². The largest absolute Gasteiger partial charge is 0.340 e. The van der Waals surface area contributed by atoms with Crippen molar-refractivity contribution in [2.45, 2.75) is 19.3 Å². The summed E-state index contributed by atoms with van der Waals surface area (Å²) < 4.78 is 0. The van der Waals surface area contributed by atoms with Crippen LogP contribution >= 0.6 is 11.6 Å². The fourth-order valence-electron chi connectivity index (χ4n) is 2.65. The van der Waals surface area contributed by atoms with Gasteiger partial charge in [0.05, 0.1) is 5.56 Å². The molecule has 3 rings (SSSR count).